The molecule has 3 heteroatoms. The topological polar surface area (TPSA) is 26.3 Å². The predicted octanol–water partition coefficient (Wildman–Crippen LogP) is 1.46. The van der Waals surface area contributed by atoms with Crippen LogP contribution >= 0.6 is 0 Å². The van der Waals surface area contributed by atoms with Crippen molar-refractivity contribution in [2.75, 3.05) is 7.11 Å². The van der Waals surface area contributed by atoms with Crippen LogP contribution in [0.15, 0.2) is 12.2 Å². The van der Waals surface area contributed by atoms with Crippen molar-refractivity contribution < 1.29 is 13.9 Å². The van der Waals surface area contributed by atoms with Crippen molar-refractivity contribution in [3.8, 4) is 0 Å². The lowest BCUT2D eigenvalue weighted by Gasteiger charge is -2.21. The van der Waals surface area contributed by atoms with Gasteiger partial charge in [-0.15, -0.1) is 0 Å². The van der Waals surface area contributed by atoms with Gasteiger partial charge in [0.15, 0.2) is 0 Å². The molecule has 0 fully saturated rings. The molecule has 2 nitrogen and oxygen atoms in total. The Hall–Kier alpha value is -0.700. The molecule has 0 spiro atoms. The molecule has 0 aromatic heterocycles. The van der Waals surface area contributed by atoms with Crippen molar-refractivity contribution >= 4 is 6.04 Å². The van der Waals surface area contributed by atoms with Gasteiger partial charge >= 0.3 is 6.04 Å². The zero-order chi connectivity index (χ0) is 8.27. The first-order valence-electron chi connectivity index (χ1n) is 3.64. The number of hydrogen-bond acceptors (Lipinski definition) is 2. The van der Waals surface area contributed by atoms with E-state index in [0.717, 1.165) is 6.42 Å². The number of hydrogen-bond donors (Lipinski definition) is 0. The minimum absolute atomic E-state index is 0.360. The zero-order valence-electron chi connectivity index (χ0n) is 6.42. The molecule has 0 aliphatic heterocycles. The second kappa shape index (κ2) is 3.62. The van der Waals surface area contributed by atoms with Crippen LogP contribution in [-0.2, 0) is 9.53 Å². The fourth-order valence-electron chi connectivity index (χ4n) is 1.29. The fraction of sp³-hybridized carbons (Fsp3) is 0.625. The minimum Gasteiger partial charge on any atom is -0.377 e. The van der Waals surface area contributed by atoms with E-state index in [-0.39, 0.29) is 6.10 Å². The van der Waals surface area contributed by atoms with Gasteiger partial charge in [-0.25, -0.2) is 0 Å². The first-order chi connectivity index (χ1) is 5.25. The first-order valence-corrected chi connectivity index (χ1v) is 3.64. The van der Waals surface area contributed by atoms with E-state index in [9.17, 15) is 9.18 Å². The van der Waals surface area contributed by atoms with Gasteiger partial charge in [-0.1, -0.05) is 12.2 Å². The number of methoxy groups -OCH3 is 1. The van der Waals surface area contributed by atoms with Crippen molar-refractivity contribution in [1.29, 1.82) is 0 Å². The molecule has 1 aliphatic carbocycles. The van der Waals surface area contributed by atoms with Gasteiger partial charge in [0.05, 0.1) is 12.0 Å². The zero-order valence-corrected chi connectivity index (χ0v) is 6.42. The molecule has 11 heavy (non-hydrogen) atoms. The Morgan fingerprint density at radius 2 is 2.45 bits per heavy atom. The third-order valence-electron chi connectivity index (χ3n) is 1.93. The molecule has 62 valence electrons. The number of allylic oxidation sites excluding steroid dienone is 1. The van der Waals surface area contributed by atoms with Gasteiger partial charge in [-0.3, -0.25) is 4.79 Å². The Kier molecular flexibility index (Phi) is 2.76. The maximum absolute atomic E-state index is 12.3. The van der Waals surface area contributed by atoms with Gasteiger partial charge in [0.25, 0.3) is 0 Å². The third-order valence-corrected chi connectivity index (χ3v) is 1.93. The minimum atomic E-state index is -1.26. The van der Waals surface area contributed by atoms with Crippen molar-refractivity contribution in [2.24, 2.45) is 5.92 Å². The van der Waals surface area contributed by atoms with E-state index in [1.165, 1.54) is 7.11 Å². The third kappa shape index (κ3) is 1.87. The first kappa shape index (κ1) is 8.40. The van der Waals surface area contributed by atoms with Crippen LogP contribution in [-0.4, -0.2) is 19.3 Å². The summed E-state index contributed by atoms with van der Waals surface area (Å²) in [6.45, 7) is 0. The van der Waals surface area contributed by atoms with Crippen LogP contribution in [0.2, 0.25) is 0 Å². The predicted molar refractivity (Wildman–Crippen MR) is 38.8 cm³/mol. The van der Waals surface area contributed by atoms with Gasteiger partial charge in [-0.2, -0.15) is 4.39 Å². The SMILES string of the molecule is CO[C@@H]1C=CCC[C@@H]1C(=O)F. The number of carbonyl (C=O) groups is 1. The van der Waals surface area contributed by atoms with E-state index in [0.29, 0.717) is 6.42 Å². The molecule has 0 aromatic rings. The van der Waals surface area contributed by atoms with Gasteiger partial charge in [0.2, 0.25) is 0 Å². The Morgan fingerprint density at radius 1 is 1.73 bits per heavy atom. The highest BCUT2D eigenvalue weighted by molar-refractivity contribution is 5.72. The summed E-state index contributed by atoms with van der Waals surface area (Å²) in [5.41, 5.74) is 0. The van der Waals surface area contributed by atoms with Gasteiger partial charge in [0.1, 0.15) is 0 Å². The van der Waals surface area contributed by atoms with Gasteiger partial charge in [0, 0.05) is 7.11 Å². The molecular formula is C8H11FO2. The molecule has 0 saturated heterocycles. The Morgan fingerprint density at radius 3 is 2.91 bits per heavy atom. The molecule has 0 N–H and O–H groups in total. The molecule has 2 atom stereocenters. The van der Waals surface area contributed by atoms with E-state index in [2.05, 4.69) is 0 Å². The summed E-state index contributed by atoms with van der Waals surface area (Å²) in [5, 5.41) is 0. The van der Waals surface area contributed by atoms with Crippen molar-refractivity contribution in [3.63, 3.8) is 0 Å². The van der Waals surface area contributed by atoms with Gasteiger partial charge in [-0.05, 0) is 12.8 Å². The second-order valence-electron chi connectivity index (χ2n) is 2.62. The summed E-state index contributed by atoms with van der Waals surface area (Å²) in [6, 6.07) is -1.26. The highest BCUT2D eigenvalue weighted by Crippen LogP contribution is 2.22. The lowest BCUT2D eigenvalue weighted by molar-refractivity contribution is -0.137. The standard InChI is InChI=1S/C8H11FO2/c1-11-7-5-3-2-4-6(7)8(9)10/h3,5-7H,2,4H2,1H3/t6-,7+/m0/s1. The van der Waals surface area contributed by atoms with Crippen LogP contribution in [0.25, 0.3) is 0 Å². The van der Waals surface area contributed by atoms with Crippen molar-refractivity contribution in [1.82, 2.24) is 0 Å². The van der Waals surface area contributed by atoms with Gasteiger partial charge < -0.3 is 4.74 Å². The van der Waals surface area contributed by atoms with E-state index in [1.807, 2.05) is 6.08 Å². The lowest BCUT2D eigenvalue weighted by atomic mass is 9.92. The molecule has 0 aromatic carbocycles. The van der Waals surface area contributed by atoms with Crippen molar-refractivity contribution in [3.05, 3.63) is 12.2 Å². The van der Waals surface area contributed by atoms with E-state index in [4.69, 9.17) is 4.74 Å². The summed E-state index contributed by atoms with van der Waals surface area (Å²) in [7, 11) is 1.48. The maximum Gasteiger partial charge on any atom is 0.307 e. The summed E-state index contributed by atoms with van der Waals surface area (Å²) < 4.78 is 17.2. The van der Waals surface area contributed by atoms with Crippen LogP contribution < -0.4 is 0 Å². The Balaban J connectivity index is 2.63. The summed E-state index contributed by atoms with van der Waals surface area (Å²) >= 11 is 0. The Labute approximate surface area is 65.0 Å². The largest absolute Gasteiger partial charge is 0.377 e. The molecule has 0 saturated carbocycles. The van der Waals surface area contributed by atoms with Crippen LogP contribution in [0.1, 0.15) is 12.8 Å². The van der Waals surface area contributed by atoms with Crippen LogP contribution in [0.3, 0.4) is 0 Å². The number of halogens is 1. The average Bonchev–Trinajstić information content (AvgIpc) is 2.04. The molecule has 0 bridgehead atoms. The number of rotatable bonds is 2. The summed E-state index contributed by atoms with van der Waals surface area (Å²) in [5.74, 6) is -0.579. The molecule has 0 amide bonds. The maximum atomic E-state index is 12.3. The summed E-state index contributed by atoms with van der Waals surface area (Å²) in [4.78, 5) is 10.4. The van der Waals surface area contributed by atoms with E-state index < -0.39 is 12.0 Å². The molecule has 0 radical (unpaired) electrons. The van der Waals surface area contributed by atoms with Crippen LogP contribution in [0.5, 0.6) is 0 Å². The quantitative estimate of drug-likeness (QED) is 0.449. The highest BCUT2D eigenvalue weighted by atomic mass is 19.1. The molecule has 1 aliphatic rings. The molecule has 1 rings (SSSR count). The van der Waals surface area contributed by atoms with E-state index in [1.54, 1.807) is 6.08 Å². The monoisotopic (exact) mass is 158 g/mol. The smallest absolute Gasteiger partial charge is 0.307 e. The summed E-state index contributed by atoms with van der Waals surface area (Å²) in [6.07, 6.45) is 4.62. The average molecular weight is 158 g/mol. The van der Waals surface area contributed by atoms with E-state index >= 15 is 0 Å². The molecular weight excluding hydrogens is 147 g/mol. The lowest BCUT2D eigenvalue weighted by Crippen LogP contribution is -2.28. The number of carbonyl (C=O) groups excluding carboxylic acids is 1. The highest BCUT2D eigenvalue weighted by Gasteiger charge is 2.27. The van der Waals surface area contributed by atoms with Crippen LogP contribution in [0.4, 0.5) is 4.39 Å². The Bertz CT molecular complexity index is 177. The molecule has 0 unspecified atom stereocenters. The molecule has 0 heterocycles. The second-order valence-corrected chi connectivity index (χ2v) is 2.62. The van der Waals surface area contributed by atoms with Crippen LogP contribution in [0, 0.1) is 5.92 Å². The number of ether oxygens (including phenoxy) is 1. The van der Waals surface area contributed by atoms with Crippen molar-refractivity contribution in [2.45, 2.75) is 18.9 Å². The fourth-order valence-corrected chi connectivity index (χ4v) is 1.29. The normalized spacial score (nSPS) is 30.4.